The van der Waals surface area contributed by atoms with Gasteiger partial charge in [-0.25, -0.2) is 4.39 Å². The van der Waals surface area contributed by atoms with E-state index in [4.69, 9.17) is 29.6 Å². The van der Waals surface area contributed by atoms with Crippen LogP contribution in [0.1, 0.15) is 13.8 Å². The quantitative estimate of drug-likeness (QED) is 0.834. The van der Waals surface area contributed by atoms with Crippen LogP contribution in [0.3, 0.4) is 0 Å². The van der Waals surface area contributed by atoms with Crippen LogP contribution >= 0.6 is 23.8 Å². The fourth-order valence-electron chi connectivity index (χ4n) is 0.973. The maximum Gasteiger partial charge on any atom is 0.236 e. The van der Waals surface area contributed by atoms with Gasteiger partial charge in [-0.2, -0.15) is 0 Å². The molecule has 0 aliphatic heterocycles. The first-order valence-corrected chi connectivity index (χ1v) is 5.60. The van der Waals surface area contributed by atoms with Crippen LogP contribution in [0, 0.1) is 11.2 Å². The number of benzene rings is 1. The summed E-state index contributed by atoms with van der Waals surface area (Å²) in [7, 11) is 0. The summed E-state index contributed by atoms with van der Waals surface area (Å²) in [6.45, 7) is 3.21. The molecule has 0 unspecified atom stereocenters. The fourth-order valence-corrected chi connectivity index (χ4v) is 1.25. The molecule has 0 saturated carbocycles. The molecule has 17 heavy (non-hydrogen) atoms. The number of nitrogens with two attached hydrogens (primary N) is 1. The summed E-state index contributed by atoms with van der Waals surface area (Å²) in [5.41, 5.74) is 4.88. The highest BCUT2D eigenvalue weighted by Gasteiger charge is 2.30. The molecule has 3 N–H and O–H groups in total. The van der Waals surface area contributed by atoms with Crippen LogP contribution in [0.4, 0.5) is 10.1 Å². The van der Waals surface area contributed by atoms with Gasteiger partial charge in [0, 0.05) is 5.69 Å². The average Bonchev–Trinajstić information content (AvgIpc) is 2.23. The third kappa shape index (κ3) is 3.14. The van der Waals surface area contributed by atoms with Gasteiger partial charge in [0.1, 0.15) is 5.82 Å². The molecule has 0 bridgehead atoms. The van der Waals surface area contributed by atoms with E-state index in [1.807, 2.05) is 0 Å². The van der Waals surface area contributed by atoms with Crippen molar-refractivity contribution in [2.75, 3.05) is 5.32 Å². The predicted octanol–water partition coefficient (Wildman–Crippen LogP) is 2.73. The predicted molar refractivity (Wildman–Crippen MR) is 70.6 cm³/mol. The Bertz CT molecular complexity index is 477. The SMILES string of the molecule is CC(C)(C(=O)Nc1ccc(F)c(Cl)c1)C(N)=S. The van der Waals surface area contributed by atoms with Gasteiger partial charge in [-0.3, -0.25) is 4.79 Å². The molecule has 0 aliphatic carbocycles. The van der Waals surface area contributed by atoms with E-state index in [9.17, 15) is 9.18 Å². The lowest BCUT2D eigenvalue weighted by molar-refractivity contribution is -0.121. The van der Waals surface area contributed by atoms with E-state index in [0.717, 1.165) is 0 Å². The molecule has 1 aromatic carbocycles. The highest BCUT2D eigenvalue weighted by atomic mass is 35.5. The zero-order valence-corrected chi connectivity index (χ0v) is 11.0. The second-order valence-corrected chi connectivity index (χ2v) is 4.92. The average molecular weight is 275 g/mol. The Kier molecular flexibility index (Phi) is 4.06. The minimum Gasteiger partial charge on any atom is -0.392 e. The number of nitrogens with one attached hydrogen (secondary N) is 1. The Balaban J connectivity index is 2.89. The van der Waals surface area contributed by atoms with Crippen molar-refractivity contribution in [3.05, 3.63) is 29.0 Å². The van der Waals surface area contributed by atoms with Crippen LogP contribution in [-0.4, -0.2) is 10.9 Å². The zero-order chi connectivity index (χ0) is 13.2. The van der Waals surface area contributed by atoms with Gasteiger partial charge in [-0.1, -0.05) is 23.8 Å². The molecule has 1 rings (SSSR count). The Morgan fingerprint density at radius 1 is 1.53 bits per heavy atom. The first kappa shape index (κ1) is 13.9. The number of thiocarbonyl (C=S) groups is 1. The molecule has 1 aromatic rings. The van der Waals surface area contributed by atoms with Crippen molar-refractivity contribution >= 4 is 40.4 Å². The largest absolute Gasteiger partial charge is 0.392 e. The Labute approximate surface area is 109 Å². The Hall–Kier alpha value is -1.20. The minimum absolute atomic E-state index is 0.0593. The van der Waals surface area contributed by atoms with Crippen molar-refractivity contribution in [3.8, 4) is 0 Å². The number of carbonyl (C=O) groups excluding carboxylic acids is 1. The molecule has 0 spiro atoms. The summed E-state index contributed by atoms with van der Waals surface area (Å²) in [5.74, 6) is -0.911. The smallest absolute Gasteiger partial charge is 0.236 e. The van der Waals surface area contributed by atoms with Gasteiger partial charge in [0.25, 0.3) is 0 Å². The molecule has 0 saturated heterocycles. The van der Waals surface area contributed by atoms with Crippen LogP contribution in [0.5, 0.6) is 0 Å². The number of halogens is 2. The zero-order valence-electron chi connectivity index (χ0n) is 9.38. The topological polar surface area (TPSA) is 55.1 Å². The minimum atomic E-state index is -0.976. The highest BCUT2D eigenvalue weighted by molar-refractivity contribution is 7.80. The maximum atomic E-state index is 12.9. The van der Waals surface area contributed by atoms with Crippen molar-refractivity contribution in [1.29, 1.82) is 0 Å². The first-order valence-electron chi connectivity index (χ1n) is 4.81. The molecule has 1 amide bonds. The van der Waals surface area contributed by atoms with Crippen molar-refractivity contribution in [1.82, 2.24) is 0 Å². The van der Waals surface area contributed by atoms with Gasteiger partial charge < -0.3 is 11.1 Å². The Morgan fingerprint density at radius 3 is 2.59 bits per heavy atom. The molecule has 0 fully saturated rings. The van der Waals surface area contributed by atoms with E-state index in [1.165, 1.54) is 18.2 Å². The van der Waals surface area contributed by atoms with E-state index < -0.39 is 11.2 Å². The monoisotopic (exact) mass is 274 g/mol. The molecule has 0 heterocycles. The van der Waals surface area contributed by atoms with Crippen molar-refractivity contribution in [3.63, 3.8) is 0 Å². The lowest BCUT2D eigenvalue weighted by Gasteiger charge is -2.21. The van der Waals surface area contributed by atoms with E-state index in [0.29, 0.717) is 5.69 Å². The molecular weight excluding hydrogens is 263 g/mol. The van der Waals surface area contributed by atoms with E-state index in [2.05, 4.69) is 5.32 Å². The lowest BCUT2D eigenvalue weighted by atomic mass is 9.92. The summed E-state index contributed by atoms with van der Waals surface area (Å²) < 4.78 is 12.9. The van der Waals surface area contributed by atoms with E-state index >= 15 is 0 Å². The van der Waals surface area contributed by atoms with E-state index in [-0.39, 0.29) is 15.9 Å². The number of carbonyl (C=O) groups is 1. The highest BCUT2D eigenvalue weighted by Crippen LogP contribution is 2.22. The van der Waals surface area contributed by atoms with Crippen LogP contribution in [0.2, 0.25) is 5.02 Å². The molecule has 0 aromatic heterocycles. The second kappa shape index (κ2) is 4.98. The number of amides is 1. The molecule has 6 heteroatoms. The van der Waals surface area contributed by atoms with Crippen molar-refractivity contribution in [2.45, 2.75) is 13.8 Å². The van der Waals surface area contributed by atoms with Crippen LogP contribution in [0.15, 0.2) is 18.2 Å². The van der Waals surface area contributed by atoms with Crippen LogP contribution in [0.25, 0.3) is 0 Å². The second-order valence-electron chi connectivity index (χ2n) is 4.07. The molecule has 92 valence electrons. The molecule has 0 aliphatic rings. The molecular formula is C11H12ClFN2OS. The summed E-state index contributed by atoms with van der Waals surface area (Å²) in [5, 5.41) is 2.51. The summed E-state index contributed by atoms with van der Waals surface area (Å²) in [6, 6.07) is 3.91. The number of hydrogen-bond donors (Lipinski definition) is 2. The third-order valence-electron chi connectivity index (χ3n) is 2.36. The lowest BCUT2D eigenvalue weighted by Crippen LogP contribution is -2.41. The molecule has 3 nitrogen and oxygen atoms in total. The van der Waals surface area contributed by atoms with Crippen molar-refractivity contribution in [2.24, 2.45) is 11.1 Å². The Morgan fingerprint density at radius 2 is 2.12 bits per heavy atom. The maximum absolute atomic E-state index is 12.9. The number of rotatable bonds is 3. The van der Waals surface area contributed by atoms with Gasteiger partial charge in [0.05, 0.1) is 15.4 Å². The molecule has 0 atom stereocenters. The van der Waals surface area contributed by atoms with Gasteiger partial charge in [-0.15, -0.1) is 0 Å². The van der Waals surface area contributed by atoms with Gasteiger partial charge in [-0.05, 0) is 32.0 Å². The standard InChI is InChI=1S/C11H12ClFN2OS/c1-11(2,9(14)17)10(16)15-6-3-4-8(13)7(12)5-6/h3-5H,1-2H3,(H2,14,17)(H,15,16). The van der Waals surface area contributed by atoms with Crippen LogP contribution < -0.4 is 11.1 Å². The van der Waals surface area contributed by atoms with E-state index in [1.54, 1.807) is 13.8 Å². The van der Waals surface area contributed by atoms with Gasteiger partial charge in [0.2, 0.25) is 5.91 Å². The van der Waals surface area contributed by atoms with Gasteiger partial charge >= 0.3 is 0 Å². The normalized spacial score (nSPS) is 11.1. The van der Waals surface area contributed by atoms with Gasteiger partial charge in [0.15, 0.2) is 0 Å². The summed E-state index contributed by atoms with van der Waals surface area (Å²) >= 11 is 10.4. The third-order valence-corrected chi connectivity index (χ3v) is 3.16. The number of hydrogen-bond acceptors (Lipinski definition) is 2. The number of anilines is 1. The summed E-state index contributed by atoms with van der Waals surface area (Å²) in [4.78, 5) is 11.9. The fraction of sp³-hybridized carbons (Fsp3) is 0.273. The molecule has 0 radical (unpaired) electrons. The summed E-state index contributed by atoms with van der Waals surface area (Å²) in [6.07, 6.45) is 0. The van der Waals surface area contributed by atoms with Crippen LogP contribution in [-0.2, 0) is 4.79 Å². The first-order chi connectivity index (χ1) is 7.75. The van der Waals surface area contributed by atoms with Crippen molar-refractivity contribution < 1.29 is 9.18 Å².